The van der Waals surface area contributed by atoms with Crippen LogP contribution < -0.4 is 5.32 Å². The second kappa shape index (κ2) is 3.42. The van der Waals surface area contributed by atoms with E-state index >= 15 is 0 Å². The van der Waals surface area contributed by atoms with Gasteiger partial charge in [-0.15, -0.1) is 0 Å². The molecule has 2 N–H and O–H groups in total. The van der Waals surface area contributed by atoms with Gasteiger partial charge in [-0.05, 0) is 0 Å². The number of carboxylic acids is 1. The van der Waals surface area contributed by atoms with Gasteiger partial charge in [-0.3, -0.25) is 4.79 Å². The SMILES string of the molecule is Cn1cncc1[C@H]1CNC[C@H]1C(=O)O. The van der Waals surface area contributed by atoms with E-state index in [1.54, 1.807) is 12.5 Å². The highest BCUT2D eigenvalue weighted by molar-refractivity contribution is 5.72. The van der Waals surface area contributed by atoms with Gasteiger partial charge < -0.3 is 15.0 Å². The lowest BCUT2D eigenvalue weighted by atomic mass is 9.93. The Kier molecular flexibility index (Phi) is 2.25. The molecule has 1 aliphatic heterocycles. The maximum Gasteiger partial charge on any atom is 0.308 e. The molecule has 1 fully saturated rings. The Morgan fingerprint density at radius 1 is 1.71 bits per heavy atom. The molecule has 5 heteroatoms. The number of carbonyl (C=O) groups is 1. The topological polar surface area (TPSA) is 67.2 Å². The van der Waals surface area contributed by atoms with Crippen molar-refractivity contribution in [1.82, 2.24) is 14.9 Å². The zero-order chi connectivity index (χ0) is 10.1. The summed E-state index contributed by atoms with van der Waals surface area (Å²) >= 11 is 0. The molecule has 1 aromatic heterocycles. The van der Waals surface area contributed by atoms with Gasteiger partial charge in [-0.1, -0.05) is 0 Å². The highest BCUT2D eigenvalue weighted by atomic mass is 16.4. The number of nitrogens with one attached hydrogen (secondary N) is 1. The molecule has 14 heavy (non-hydrogen) atoms. The summed E-state index contributed by atoms with van der Waals surface area (Å²) in [5.41, 5.74) is 0.988. The monoisotopic (exact) mass is 195 g/mol. The number of aromatic nitrogens is 2. The first kappa shape index (κ1) is 9.21. The number of hydrogen-bond donors (Lipinski definition) is 2. The smallest absolute Gasteiger partial charge is 0.308 e. The van der Waals surface area contributed by atoms with Crippen LogP contribution in [-0.4, -0.2) is 33.7 Å². The Bertz CT molecular complexity index is 348. The van der Waals surface area contributed by atoms with E-state index in [1.807, 2.05) is 11.6 Å². The number of aliphatic carboxylic acids is 1. The fourth-order valence-electron chi connectivity index (χ4n) is 1.97. The van der Waals surface area contributed by atoms with Crippen LogP contribution in [0.5, 0.6) is 0 Å². The van der Waals surface area contributed by atoms with Gasteiger partial charge in [0, 0.05) is 37.9 Å². The molecular formula is C9H13N3O2. The van der Waals surface area contributed by atoms with Crippen molar-refractivity contribution < 1.29 is 9.90 Å². The van der Waals surface area contributed by atoms with Crippen molar-refractivity contribution in [1.29, 1.82) is 0 Å². The van der Waals surface area contributed by atoms with E-state index in [1.165, 1.54) is 0 Å². The van der Waals surface area contributed by atoms with Crippen molar-refractivity contribution in [2.24, 2.45) is 13.0 Å². The summed E-state index contributed by atoms with van der Waals surface area (Å²) in [6.07, 6.45) is 3.44. The van der Waals surface area contributed by atoms with Gasteiger partial charge in [0.1, 0.15) is 0 Å². The van der Waals surface area contributed by atoms with Crippen molar-refractivity contribution in [3.8, 4) is 0 Å². The Labute approximate surface area is 81.8 Å². The van der Waals surface area contributed by atoms with Gasteiger partial charge in [0.2, 0.25) is 0 Å². The first-order valence-corrected chi connectivity index (χ1v) is 4.60. The lowest BCUT2D eigenvalue weighted by Gasteiger charge is -2.14. The summed E-state index contributed by atoms with van der Waals surface area (Å²) in [4.78, 5) is 15.0. The van der Waals surface area contributed by atoms with Crippen LogP contribution in [0.15, 0.2) is 12.5 Å². The highest BCUT2D eigenvalue weighted by Gasteiger charge is 2.35. The molecule has 0 radical (unpaired) electrons. The van der Waals surface area contributed by atoms with Gasteiger partial charge in [0.25, 0.3) is 0 Å². The van der Waals surface area contributed by atoms with Crippen LogP contribution in [-0.2, 0) is 11.8 Å². The van der Waals surface area contributed by atoms with E-state index < -0.39 is 5.97 Å². The lowest BCUT2D eigenvalue weighted by Crippen LogP contribution is -2.22. The fraction of sp³-hybridized carbons (Fsp3) is 0.556. The van der Waals surface area contributed by atoms with Gasteiger partial charge in [0.15, 0.2) is 0 Å². The first-order valence-electron chi connectivity index (χ1n) is 4.60. The third-order valence-corrected chi connectivity index (χ3v) is 2.77. The van der Waals surface area contributed by atoms with Crippen LogP contribution in [0, 0.1) is 5.92 Å². The molecule has 0 aliphatic carbocycles. The van der Waals surface area contributed by atoms with Gasteiger partial charge in [-0.25, -0.2) is 4.98 Å². The molecule has 2 heterocycles. The van der Waals surface area contributed by atoms with E-state index in [0.717, 1.165) is 12.2 Å². The largest absolute Gasteiger partial charge is 0.481 e. The molecule has 0 unspecified atom stereocenters. The van der Waals surface area contributed by atoms with Crippen LogP contribution in [0.4, 0.5) is 0 Å². The van der Waals surface area contributed by atoms with Crippen molar-refractivity contribution in [3.63, 3.8) is 0 Å². The molecule has 0 amide bonds. The summed E-state index contributed by atoms with van der Waals surface area (Å²) in [5.74, 6) is -1.02. The Morgan fingerprint density at radius 2 is 2.50 bits per heavy atom. The van der Waals surface area contributed by atoms with Crippen molar-refractivity contribution in [2.45, 2.75) is 5.92 Å². The van der Waals surface area contributed by atoms with Crippen LogP contribution in [0.3, 0.4) is 0 Å². The number of carboxylic acid groups (broad SMARTS) is 1. The second-order valence-electron chi connectivity index (χ2n) is 3.64. The Hall–Kier alpha value is -1.36. The van der Waals surface area contributed by atoms with Crippen LogP contribution in [0.25, 0.3) is 0 Å². The fourth-order valence-corrected chi connectivity index (χ4v) is 1.97. The summed E-state index contributed by atoms with van der Waals surface area (Å²) in [5, 5.41) is 12.1. The number of hydrogen-bond acceptors (Lipinski definition) is 3. The number of rotatable bonds is 2. The van der Waals surface area contributed by atoms with Gasteiger partial charge in [0.05, 0.1) is 12.2 Å². The summed E-state index contributed by atoms with van der Waals surface area (Å²) in [6.45, 7) is 1.27. The average molecular weight is 195 g/mol. The summed E-state index contributed by atoms with van der Waals surface area (Å²) < 4.78 is 1.88. The van der Waals surface area contributed by atoms with Crippen LogP contribution in [0.1, 0.15) is 11.6 Å². The highest BCUT2D eigenvalue weighted by Crippen LogP contribution is 2.27. The number of nitrogens with zero attached hydrogens (tertiary/aromatic N) is 2. The zero-order valence-electron chi connectivity index (χ0n) is 7.97. The lowest BCUT2D eigenvalue weighted by molar-refractivity contribution is -0.141. The van der Waals surface area contributed by atoms with Crippen molar-refractivity contribution in [2.75, 3.05) is 13.1 Å². The van der Waals surface area contributed by atoms with E-state index in [4.69, 9.17) is 5.11 Å². The predicted octanol–water partition coefficient (Wildman–Crippen LogP) is -0.192. The molecule has 0 bridgehead atoms. The van der Waals surface area contributed by atoms with Crippen molar-refractivity contribution >= 4 is 5.97 Å². The van der Waals surface area contributed by atoms with E-state index in [9.17, 15) is 4.79 Å². The minimum atomic E-state index is -0.735. The molecule has 1 aromatic rings. The van der Waals surface area contributed by atoms with E-state index in [0.29, 0.717) is 6.54 Å². The first-order chi connectivity index (χ1) is 6.70. The number of aryl methyl sites for hydroxylation is 1. The van der Waals surface area contributed by atoms with E-state index in [2.05, 4.69) is 10.3 Å². The molecule has 5 nitrogen and oxygen atoms in total. The molecule has 0 aromatic carbocycles. The maximum absolute atomic E-state index is 10.9. The van der Waals surface area contributed by atoms with Crippen LogP contribution in [0.2, 0.25) is 0 Å². The second-order valence-corrected chi connectivity index (χ2v) is 3.64. The maximum atomic E-state index is 10.9. The minimum Gasteiger partial charge on any atom is -0.481 e. The zero-order valence-corrected chi connectivity index (χ0v) is 7.97. The van der Waals surface area contributed by atoms with Crippen molar-refractivity contribution in [3.05, 3.63) is 18.2 Å². The standard InChI is InChI=1S/C9H13N3O2/c1-12-5-11-4-8(12)6-2-10-3-7(6)9(13)14/h4-7,10H,2-3H2,1H3,(H,13,14)/t6-,7+/m0/s1. The third kappa shape index (κ3) is 1.39. The predicted molar refractivity (Wildman–Crippen MR) is 49.9 cm³/mol. The quantitative estimate of drug-likeness (QED) is 0.686. The normalized spacial score (nSPS) is 26.6. The summed E-state index contributed by atoms with van der Waals surface area (Å²) in [6, 6.07) is 0. The minimum absolute atomic E-state index is 0.0417. The average Bonchev–Trinajstić information content (AvgIpc) is 2.70. The molecule has 2 rings (SSSR count). The van der Waals surface area contributed by atoms with Gasteiger partial charge >= 0.3 is 5.97 Å². The third-order valence-electron chi connectivity index (χ3n) is 2.77. The van der Waals surface area contributed by atoms with Crippen LogP contribution >= 0.6 is 0 Å². The Balaban J connectivity index is 2.26. The Morgan fingerprint density at radius 3 is 3.07 bits per heavy atom. The molecule has 1 aliphatic rings. The molecule has 0 saturated carbocycles. The van der Waals surface area contributed by atoms with E-state index in [-0.39, 0.29) is 11.8 Å². The molecular weight excluding hydrogens is 182 g/mol. The number of imidazole rings is 1. The molecule has 2 atom stereocenters. The molecule has 76 valence electrons. The molecule has 1 saturated heterocycles. The molecule has 0 spiro atoms. The van der Waals surface area contributed by atoms with Gasteiger partial charge in [-0.2, -0.15) is 0 Å². The summed E-state index contributed by atoms with van der Waals surface area (Å²) in [7, 11) is 1.89.